The van der Waals surface area contributed by atoms with E-state index in [0.29, 0.717) is 13.1 Å². The van der Waals surface area contributed by atoms with Gasteiger partial charge in [-0.25, -0.2) is 0 Å². The Labute approximate surface area is 192 Å². The highest BCUT2D eigenvalue weighted by molar-refractivity contribution is 7.99. The Kier molecular flexibility index (Phi) is 7.46. The van der Waals surface area contributed by atoms with Crippen LogP contribution in [0.2, 0.25) is 0 Å². The monoisotopic (exact) mass is 446 g/mol. The first-order chi connectivity index (χ1) is 15.7. The summed E-state index contributed by atoms with van der Waals surface area (Å²) in [5.41, 5.74) is 3.41. The van der Waals surface area contributed by atoms with Crippen LogP contribution < -0.4 is 10.2 Å². The van der Waals surface area contributed by atoms with Gasteiger partial charge >= 0.3 is 5.97 Å². The normalized spacial score (nSPS) is 11.9. The van der Waals surface area contributed by atoms with Crippen LogP contribution in [0.4, 0.5) is 11.4 Å². The molecule has 164 valence electrons. The van der Waals surface area contributed by atoms with Crippen molar-refractivity contribution >= 4 is 35.0 Å². The number of rotatable bonds is 9. The fourth-order valence-corrected chi connectivity index (χ4v) is 4.76. The molecule has 1 aliphatic rings. The molecule has 6 heteroatoms. The fourth-order valence-electron chi connectivity index (χ4n) is 3.66. The van der Waals surface area contributed by atoms with Gasteiger partial charge < -0.3 is 15.0 Å². The van der Waals surface area contributed by atoms with Crippen LogP contribution in [-0.4, -0.2) is 31.6 Å². The third-order valence-corrected chi connectivity index (χ3v) is 6.37. The largest absolute Gasteiger partial charge is 0.456 e. The van der Waals surface area contributed by atoms with Crippen LogP contribution in [0.25, 0.3) is 0 Å². The summed E-state index contributed by atoms with van der Waals surface area (Å²) in [6.07, 6.45) is 1.95. The Balaban J connectivity index is 1.22. The Morgan fingerprint density at radius 3 is 2.16 bits per heavy atom. The van der Waals surface area contributed by atoms with E-state index < -0.39 is 0 Å². The van der Waals surface area contributed by atoms with Gasteiger partial charge in [-0.15, -0.1) is 0 Å². The van der Waals surface area contributed by atoms with Gasteiger partial charge in [0, 0.05) is 22.9 Å². The highest BCUT2D eigenvalue weighted by atomic mass is 32.2. The molecule has 0 unspecified atom stereocenters. The molecule has 5 nitrogen and oxygen atoms in total. The van der Waals surface area contributed by atoms with E-state index in [1.807, 2.05) is 42.5 Å². The van der Waals surface area contributed by atoms with Gasteiger partial charge in [-0.3, -0.25) is 9.59 Å². The number of para-hydroxylation sites is 2. The number of hydrogen-bond acceptors (Lipinski definition) is 5. The summed E-state index contributed by atoms with van der Waals surface area (Å²) in [5.74, 6) is -0.644. The lowest BCUT2D eigenvalue weighted by Gasteiger charge is -2.32. The second kappa shape index (κ2) is 10.9. The predicted octanol–water partition coefficient (Wildman–Crippen LogP) is 4.97. The summed E-state index contributed by atoms with van der Waals surface area (Å²) in [6, 6.07) is 26.5. The van der Waals surface area contributed by atoms with E-state index in [9.17, 15) is 9.59 Å². The van der Waals surface area contributed by atoms with Crippen molar-refractivity contribution in [2.24, 2.45) is 0 Å². The molecule has 0 saturated heterocycles. The molecule has 3 aromatic carbocycles. The average Bonchev–Trinajstić information content (AvgIpc) is 2.83. The Morgan fingerprint density at radius 1 is 0.844 bits per heavy atom. The minimum absolute atomic E-state index is 0.203. The number of esters is 1. The van der Waals surface area contributed by atoms with Crippen LogP contribution in [0, 0.1) is 0 Å². The first kappa shape index (κ1) is 22.0. The lowest BCUT2D eigenvalue weighted by molar-refractivity contribution is -0.148. The van der Waals surface area contributed by atoms with Gasteiger partial charge in [-0.1, -0.05) is 66.4 Å². The number of hydrogen-bond donors (Lipinski definition) is 1. The SMILES string of the molecule is O=C(COC(=O)CCN1c2ccccc2Sc2ccccc21)NCCCc1ccccc1. The summed E-state index contributed by atoms with van der Waals surface area (Å²) in [5, 5.41) is 2.81. The predicted molar refractivity (Wildman–Crippen MR) is 127 cm³/mol. The van der Waals surface area contributed by atoms with Crippen molar-refractivity contribution in [3.8, 4) is 0 Å². The summed E-state index contributed by atoms with van der Waals surface area (Å²) < 4.78 is 5.20. The zero-order valence-electron chi connectivity index (χ0n) is 17.8. The first-order valence-electron chi connectivity index (χ1n) is 10.8. The molecule has 4 rings (SSSR count). The molecule has 0 fully saturated rings. The van der Waals surface area contributed by atoms with Crippen molar-refractivity contribution < 1.29 is 14.3 Å². The second-order valence-electron chi connectivity index (χ2n) is 7.54. The van der Waals surface area contributed by atoms with E-state index in [2.05, 4.69) is 46.6 Å². The van der Waals surface area contributed by atoms with Crippen molar-refractivity contribution in [3.05, 3.63) is 84.4 Å². The smallest absolute Gasteiger partial charge is 0.308 e. The molecule has 1 amide bonds. The average molecular weight is 447 g/mol. The minimum atomic E-state index is -0.377. The zero-order chi connectivity index (χ0) is 22.2. The van der Waals surface area contributed by atoms with Gasteiger partial charge in [0.25, 0.3) is 5.91 Å². The number of aryl methyl sites for hydroxylation is 1. The third kappa shape index (κ3) is 5.71. The third-order valence-electron chi connectivity index (χ3n) is 5.24. The van der Waals surface area contributed by atoms with Gasteiger partial charge in [0.1, 0.15) is 0 Å². The van der Waals surface area contributed by atoms with Crippen LogP contribution in [-0.2, 0) is 20.7 Å². The quantitative estimate of drug-likeness (QED) is 0.371. The number of benzene rings is 3. The van der Waals surface area contributed by atoms with E-state index in [1.165, 1.54) is 5.56 Å². The van der Waals surface area contributed by atoms with Gasteiger partial charge in [0.05, 0.1) is 17.8 Å². The molecule has 0 atom stereocenters. The summed E-state index contributed by atoms with van der Waals surface area (Å²) in [4.78, 5) is 28.8. The number of carbonyl (C=O) groups excluding carboxylic acids is 2. The molecule has 0 aliphatic carbocycles. The molecule has 32 heavy (non-hydrogen) atoms. The molecule has 0 saturated carbocycles. The highest BCUT2D eigenvalue weighted by Crippen LogP contribution is 2.47. The first-order valence-corrected chi connectivity index (χ1v) is 11.6. The molecule has 0 aromatic heterocycles. The zero-order valence-corrected chi connectivity index (χ0v) is 18.6. The number of anilines is 2. The Morgan fingerprint density at radius 2 is 1.47 bits per heavy atom. The van der Waals surface area contributed by atoms with Crippen molar-refractivity contribution in [2.45, 2.75) is 29.1 Å². The molecular weight excluding hydrogens is 420 g/mol. The summed E-state index contributed by atoms with van der Waals surface area (Å²) >= 11 is 1.73. The molecule has 3 aromatic rings. The minimum Gasteiger partial charge on any atom is -0.456 e. The van der Waals surface area contributed by atoms with Crippen LogP contribution >= 0.6 is 11.8 Å². The van der Waals surface area contributed by atoms with Crippen molar-refractivity contribution in [1.29, 1.82) is 0 Å². The van der Waals surface area contributed by atoms with Gasteiger partial charge in [0.15, 0.2) is 6.61 Å². The molecule has 1 heterocycles. The van der Waals surface area contributed by atoms with E-state index in [-0.39, 0.29) is 24.9 Å². The van der Waals surface area contributed by atoms with Gasteiger partial charge in [-0.05, 0) is 42.7 Å². The van der Waals surface area contributed by atoms with E-state index in [0.717, 1.165) is 34.0 Å². The van der Waals surface area contributed by atoms with Gasteiger partial charge in [-0.2, -0.15) is 0 Å². The van der Waals surface area contributed by atoms with Crippen LogP contribution in [0.15, 0.2) is 88.7 Å². The number of carbonyl (C=O) groups is 2. The van der Waals surface area contributed by atoms with Crippen LogP contribution in [0.1, 0.15) is 18.4 Å². The maximum Gasteiger partial charge on any atom is 0.308 e. The fraction of sp³-hybridized carbons (Fsp3) is 0.231. The summed E-state index contributed by atoms with van der Waals surface area (Å²) in [6.45, 7) is 0.809. The van der Waals surface area contributed by atoms with E-state index in [1.54, 1.807) is 11.8 Å². The molecule has 0 bridgehead atoms. The maximum absolute atomic E-state index is 12.3. The second-order valence-corrected chi connectivity index (χ2v) is 8.62. The van der Waals surface area contributed by atoms with E-state index >= 15 is 0 Å². The highest BCUT2D eigenvalue weighted by Gasteiger charge is 2.23. The number of amides is 1. The summed E-state index contributed by atoms with van der Waals surface area (Å²) in [7, 11) is 0. The van der Waals surface area contributed by atoms with Gasteiger partial charge in [0.2, 0.25) is 0 Å². The molecule has 1 aliphatic heterocycles. The number of nitrogens with zero attached hydrogens (tertiary/aromatic N) is 1. The Bertz CT molecular complexity index is 1030. The Hall–Kier alpha value is -3.25. The topological polar surface area (TPSA) is 58.6 Å². The molecule has 0 spiro atoms. The van der Waals surface area contributed by atoms with E-state index in [4.69, 9.17) is 4.74 Å². The lowest BCUT2D eigenvalue weighted by atomic mass is 10.1. The number of ether oxygens (including phenoxy) is 1. The number of nitrogens with one attached hydrogen (secondary N) is 1. The molecular formula is C26H26N2O3S. The maximum atomic E-state index is 12.3. The molecule has 1 N–H and O–H groups in total. The standard InChI is InChI=1S/C26H26N2O3S/c29-25(27-17-8-11-20-9-2-1-3-10-20)19-31-26(30)16-18-28-21-12-4-6-14-23(21)32-24-15-7-5-13-22(24)28/h1-7,9-10,12-15H,8,11,16-19H2,(H,27,29). The number of fused-ring (bicyclic) bond motifs is 2. The van der Waals surface area contributed by atoms with Crippen molar-refractivity contribution in [1.82, 2.24) is 5.32 Å². The molecule has 0 radical (unpaired) electrons. The van der Waals surface area contributed by atoms with Crippen LogP contribution in [0.5, 0.6) is 0 Å². The van der Waals surface area contributed by atoms with Crippen molar-refractivity contribution in [3.63, 3.8) is 0 Å². The lowest BCUT2D eigenvalue weighted by Crippen LogP contribution is -2.30. The van der Waals surface area contributed by atoms with Crippen molar-refractivity contribution in [2.75, 3.05) is 24.6 Å². The van der Waals surface area contributed by atoms with Crippen LogP contribution in [0.3, 0.4) is 0 Å².